The highest BCUT2D eigenvalue weighted by atomic mass is 16.7. The van der Waals surface area contributed by atoms with Crippen molar-refractivity contribution in [3.8, 4) is 11.5 Å². The summed E-state index contributed by atoms with van der Waals surface area (Å²) in [5.74, 6) is 3.30. The summed E-state index contributed by atoms with van der Waals surface area (Å²) in [5, 5.41) is 1.33. The number of hydrogen-bond acceptors (Lipinski definition) is 8. The number of methoxy groups -OCH3 is 2. The van der Waals surface area contributed by atoms with Crippen LogP contribution in [0.4, 0.5) is 5.69 Å². The van der Waals surface area contributed by atoms with Crippen LogP contribution in [-0.2, 0) is 33.2 Å². The molecule has 12 atom stereocenters. The van der Waals surface area contributed by atoms with Gasteiger partial charge in [-0.2, -0.15) is 0 Å². The molecule has 3 aromatic rings. The zero-order chi connectivity index (χ0) is 35.5. The van der Waals surface area contributed by atoms with Gasteiger partial charge in [0.25, 0.3) is 0 Å². The highest BCUT2D eigenvalue weighted by Gasteiger charge is 2.69. The highest BCUT2D eigenvalue weighted by Crippen LogP contribution is 2.65. The van der Waals surface area contributed by atoms with Gasteiger partial charge in [-0.3, -0.25) is 14.6 Å². The number of carbonyl (C=O) groups excluding carboxylic acids is 1. The number of anilines is 1. The monoisotopic (exact) mass is 704 g/mol. The molecule has 1 saturated carbocycles. The topological polar surface area (TPSA) is 68.6 Å². The number of aromatic nitrogens is 1. The van der Waals surface area contributed by atoms with Crippen LogP contribution in [0.2, 0.25) is 0 Å². The van der Waals surface area contributed by atoms with E-state index in [1.165, 1.54) is 44.5 Å². The van der Waals surface area contributed by atoms with Crippen molar-refractivity contribution < 1.29 is 23.7 Å². The third-order valence-electron chi connectivity index (χ3n) is 16.2. The molecule has 0 unspecified atom stereocenters. The van der Waals surface area contributed by atoms with Crippen LogP contribution in [0.25, 0.3) is 10.9 Å². The molecule has 2 aromatic carbocycles. The van der Waals surface area contributed by atoms with Crippen molar-refractivity contribution in [2.45, 2.75) is 81.3 Å². The number of piperidine rings is 3. The molecule has 52 heavy (non-hydrogen) atoms. The molecule has 0 amide bonds. The number of allylic oxidation sites excluding steroid dienone is 1. The maximum absolute atomic E-state index is 14.1. The first-order chi connectivity index (χ1) is 25.2. The summed E-state index contributed by atoms with van der Waals surface area (Å²) < 4.78 is 27.6. The van der Waals surface area contributed by atoms with E-state index in [1.807, 2.05) is 0 Å². The van der Waals surface area contributed by atoms with E-state index in [0.717, 1.165) is 56.9 Å². The number of aryl methyl sites for hydroxylation is 1. The molecule has 1 aromatic heterocycles. The maximum atomic E-state index is 14.1. The molecule has 1 aliphatic carbocycles. The summed E-state index contributed by atoms with van der Waals surface area (Å²) in [5.41, 5.74) is 9.22. The number of likely N-dealkylation sites (N-methyl/N-ethyl adjacent to an activating group) is 2. The third-order valence-corrected chi connectivity index (χ3v) is 16.2. The van der Waals surface area contributed by atoms with Crippen molar-refractivity contribution >= 4 is 22.6 Å². The Balaban J connectivity index is 1.00. The Kier molecular flexibility index (Phi) is 6.63. The summed E-state index contributed by atoms with van der Waals surface area (Å²) in [7, 11) is 10.2. The molecule has 9 heteroatoms. The Morgan fingerprint density at radius 2 is 1.90 bits per heavy atom. The van der Waals surface area contributed by atoms with E-state index in [-0.39, 0.29) is 47.4 Å². The van der Waals surface area contributed by atoms with Crippen molar-refractivity contribution in [3.05, 3.63) is 64.4 Å². The lowest BCUT2D eigenvalue weighted by atomic mass is 9.50. The van der Waals surface area contributed by atoms with Crippen molar-refractivity contribution in [1.29, 1.82) is 0 Å². The normalized spacial score (nSPS) is 40.3. The van der Waals surface area contributed by atoms with E-state index < -0.39 is 0 Å². The fraction of sp³-hybridized carbons (Fsp3) is 0.605. The fourth-order valence-corrected chi connectivity index (χ4v) is 14.0. The minimum Gasteiger partial charge on any atom is -0.497 e. The first kappa shape index (κ1) is 31.9. The number of nitrogens with zero attached hydrogens (tertiary/aromatic N) is 4. The van der Waals surface area contributed by atoms with Crippen LogP contribution in [0.1, 0.15) is 67.5 Å². The number of hydrogen-bond donors (Lipinski definition) is 0. The number of benzene rings is 2. The van der Waals surface area contributed by atoms with Gasteiger partial charge in [-0.15, -0.1) is 0 Å². The molecule has 5 fully saturated rings. The number of fused-ring (bicyclic) bond motifs is 13. The number of ether oxygens (including phenoxy) is 4. The van der Waals surface area contributed by atoms with Crippen LogP contribution in [0.5, 0.6) is 11.5 Å². The van der Waals surface area contributed by atoms with Crippen molar-refractivity contribution in [1.82, 2.24) is 14.4 Å². The SMILES string of the molecule is C/C=C1/CN2CC[C@@]34c5cc6c(cc5N(C)[C@H]3[C@@H]2C[C@@H]1[C@@H]4C(=O)OC)O[C@@H]1OC[C@@H]2[C@@H](C[C@@H]3c4c(c5cc(OC)ccc5n4C)C[C@H]2N3C)[C@@H]1[C@H]6C. The van der Waals surface area contributed by atoms with Gasteiger partial charge in [0.2, 0.25) is 6.29 Å². The molecule has 0 spiro atoms. The average Bonchev–Trinajstić information content (AvgIpc) is 3.57. The quantitative estimate of drug-likeness (QED) is 0.246. The Labute approximate surface area is 306 Å². The van der Waals surface area contributed by atoms with Crippen LogP contribution in [0.15, 0.2) is 42.0 Å². The summed E-state index contributed by atoms with van der Waals surface area (Å²) in [6, 6.07) is 12.8. The fourth-order valence-electron chi connectivity index (χ4n) is 14.0. The predicted molar refractivity (Wildman–Crippen MR) is 199 cm³/mol. The lowest BCUT2D eigenvalue weighted by Gasteiger charge is -2.63. The van der Waals surface area contributed by atoms with Gasteiger partial charge in [-0.05, 0) is 105 Å². The van der Waals surface area contributed by atoms with Crippen LogP contribution < -0.4 is 14.4 Å². The Morgan fingerprint density at radius 3 is 2.69 bits per heavy atom. The van der Waals surface area contributed by atoms with E-state index in [0.29, 0.717) is 30.0 Å². The van der Waals surface area contributed by atoms with Gasteiger partial charge in [0.05, 0.1) is 38.8 Å². The summed E-state index contributed by atoms with van der Waals surface area (Å²) >= 11 is 0. The average molecular weight is 705 g/mol. The second-order valence-corrected chi connectivity index (χ2v) is 17.5. The van der Waals surface area contributed by atoms with E-state index in [1.54, 1.807) is 14.2 Å². The summed E-state index contributed by atoms with van der Waals surface area (Å²) in [6.07, 6.45) is 6.12. The van der Waals surface area contributed by atoms with Gasteiger partial charge in [0.1, 0.15) is 11.5 Å². The second kappa shape index (κ2) is 10.8. The van der Waals surface area contributed by atoms with E-state index >= 15 is 0 Å². The molecule has 0 radical (unpaired) electrons. The van der Waals surface area contributed by atoms with Crippen molar-refractivity contribution in [2.24, 2.45) is 36.6 Å². The van der Waals surface area contributed by atoms with Gasteiger partial charge in [0, 0.05) is 78.3 Å². The largest absolute Gasteiger partial charge is 0.497 e. The van der Waals surface area contributed by atoms with Gasteiger partial charge >= 0.3 is 5.97 Å². The highest BCUT2D eigenvalue weighted by molar-refractivity contribution is 5.87. The van der Waals surface area contributed by atoms with E-state index in [4.69, 9.17) is 18.9 Å². The van der Waals surface area contributed by atoms with E-state index in [2.05, 4.69) is 90.7 Å². The van der Waals surface area contributed by atoms with Gasteiger partial charge < -0.3 is 28.4 Å². The van der Waals surface area contributed by atoms with Gasteiger partial charge in [-0.25, -0.2) is 0 Å². The van der Waals surface area contributed by atoms with Crippen LogP contribution in [0, 0.1) is 29.6 Å². The van der Waals surface area contributed by atoms with Crippen molar-refractivity contribution in [3.63, 3.8) is 0 Å². The standard InChI is InChI=1S/C43H52N4O5/c1-8-22-19-47-12-11-43-30-14-24-21(2)37-27-16-34-39-28(26-13-23(49-6)9-10-31(26)45(39)4)17-32(44(34)3)29(27)20-51-42(37)52-36(24)18-33(30)46(5)40(43)35(47)15-25(22)38(43)41(48)50-7/h8-10,13-14,18,21,25,27,29,32,34-35,37-38,40,42H,11-12,15-17,19-20H2,1-7H3/b22-8-/t21-,25-,27+,29+,32+,34+,35-,37-,38+,40-,42-,43-/m0/s1. The molecular formula is C43H52N4O5. The zero-order valence-electron chi connectivity index (χ0n) is 31.6. The molecule has 8 aliphatic rings. The number of esters is 1. The molecule has 7 aliphatic heterocycles. The molecule has 5 bridgehead atoms. The minimum absolute atomic E-state index is 0.0426. The minimum atomic E-state index is -0.286. The summed E-state index contributed by atoms with van der Waals surface area (Å²) in [4.78, 5) is 21.9. The summed E-state index contributed by atoms with van der Waals surface area (Å²) in [6.45, 7) is 7.28. The molecule has 9 nitrogen and oxygen atoms in total. The Hall–Kier alpha value is -3.53. The molecule has 11 rings (SSSR count). The van der Waals surface area contributed by atoms with Crippen LogP contribution in [-0.4, -0.2) is 92.8 Å². The lowest BCUT2D eigenvalue weighted by molar-refractivity contribution is -0.221. The predicted octanol–water partition coefficient (Wildman–Crippen LogP) is 5.79. The number of carbonyl (C=O) groups is 1. The first-order valence-electron chi connectivity index (χ1n) is 19.7. The molecular weight excluding hydrogens is 652 g/mol. The van der Waals surface area contributed by atoms with Crippen LogP contribution in [0.3, 0.4) is 0 Å². The van der Waals surface area contributed by atoms with Gasteiger partial charge in [0.15, 0.2) is 0 Å². The maximum Gasteiger partial charge on any atom is 0.310 e. The van der Waals surface area contributed by atoms with E-state index in [9.17, 15) is 4.79 Å². The first-order valence-corrected chi connectivity index (χ1v) is 19.7. The number of rotatable bonds is 2. The van der Waals surface area contributed by atoms with Crippen molar-refractivity contribution in [2.75, 3.05) is 52.9 Å². The lowest BCUT2D eigenvalue weighted by Crippen LogP contribution is -2.72. The Bertz CT molecular complexity index is 2070. The Morgan fingerprint density at radius 1 is 1.06 bits per heavy atom. The molecule has 4 saturated heterocycles. The van der Waals surface area contributed by atoms with Gasteiger partial charge in [-0.1, -0.05) is 18.6 Å². The molecule has 8 heterocycles. The molecule has 274 valence electrons. The third kappa shape index (κ3) is 3.73. The molecule has 0 N–H and O–H groups in total. The smallest absolute Gasteiger partial charge is 0.310 e. The van der Waals surface area contributed by atoms with Crippen LogP contribution >= 0.6 is 0 Å². The second-order valence-electron chi connectivity index (χ2n) is 17.5. The zero-order valence-corrected chi connectivity index (χ0v) is 31.6.